The molecule has 1 aromatic rings. The number of nitriles is 1. The number of aliphatic hydroxyl groups excluding tert-OH is 1. The number of hydrogen-bond acceptors (Lipinski definition) is 3. The van der Waals surface area contributed by atoms with Crippen LogP contribution in [-0.2, 0) is 4.79 Å². The molecule has 1 heterocycles. The van der Waals surface area contributed by atoms with E-state index in [0.717, 1.165) is 0 Å². The van der Waals surface area contributed by atoms with Crippen molar-refractivity contribution in [3.63, 3.8) is 0 Å². The number of rotatable bonds is 2. The number of carbonyl (C=O) groups is 1. The van der Waals surface area contributed by atoms with Crippen LogP contribution in [0.3, 0.4) is 0 Å². The highest BCUT2D eigenvalue weighted by Gasteiger charge is 2.47. The van der Waals surface area contributed by atoms with E-state index in [2.05, 4.69) is 6.07 Å². The first-order valence-electron chi connectivity index (χ1n) is 5.95. The molecule has 0 aliphatic carbocycles. The summed E-state index contributed by atoms with van der Waals surface area (Å²) in [7, 11) is 0. The molecule has 1 aromatic carbocycles. The lowest BCUT2D eigenvalue weighted by Gasteiger charge is -2.35. The maximum Gasteiger partial charge on any atom is 0.227 e. The Hall–Kier alpha value is -1.86. The average Bonchev–Trinajstić information content (AvgIpc) is 2.58. The van der Waals surface area contributed by atoms with Gasteiger partial charge in [-0.2, -0.15) is 5.26 Å². The summed E-state index contributed by atoms with van der Waals surface area (Å²) in [6.07, 6.45) is 0.323. The van der Waals surface area contributed by atoms with Crippen LogP contribution >= 0.6 is 0 Å². The van der Waals surface area contributed by atoms with Gasteiger partial charge < -0.3 is 10.0 Å². The van der Waals surface area contributed by atoms with Crippen LogP contribution in [0.1, 0.15) is 25.8 Å². The Balaban J connectivity index is 2.51. The monoisotopic (exact) mass is 244 g/mol. The summed E-state index contributed by atoms with van der Waals surface area (Å²) in [5, 5.41) is 18.5. The Kier molecular flexibility index (Phi) is 3.10. The molecule has 1 aliphatic rings. The Bertz CT molecular complexity index is 517. The number of para-hydroxylation sites is 1. The summed E-state index contributed by atoms with van der Waals surface area (Å²) < 4.78 is 0. The molecule has 1 aliphatic heterocycles. The first-order valence-corrected chi connectivity index (χ1v) is 5.95. The zero-order valence-corrected chi connectivity index (χ0v) is 10.6. The third kappa shape index (κ3) is 1.77. The maximum absolute atomic E-state index is 12.1. The van der Waals surface area contributed by atoms with Crippen LogP contribution in [0.15, 0.2) is 24.3 Å². The number of amides is 1. The van der Waals surface area contributed by atoms with Crippen molar-refractivity contribution in [1.29, 1.82) is 5.26 Å². The van der Waals surface area contributed by atoms with Crippen molar-refractivity contribution in [2.45, 2.75) is 25.8 Å². The van der Waals surface area contributed by atoms with Gasteiger partial charge in [0.15, 0.2) is 0 Å². The number of carbonyl (C=O) groups excluding carboxylic acids is 1. The lowest BCUT2D eigenvalue weighted by atomic mass is 9.89. The van der Waals surface area contributed by atoms with Crippen LogP contribution in [0.2, 0.25) is 0 Å². The summed E-state index contributed by atoms with van der Waals surface area (Å²) >= 11 is 0. The van der Waals surface area contributed by atoms with Gasteiger partial charge in [0.2, 0.25) is 5.91 Å². The van der Waals surface area contributed by atoms with Crippen LogP contribution in [0.4, 0.5) is 5.69 Å². The van der Waals surface area contributed by atoms with Gasteiger partial charge in [0, 0.05) is 24.5 Å². The number of aliphatic hydroxyl groups is 1. The molecule has 0 radical (unpaired) electrons. The largest absolute Gasteiger partial charge is 0.396 e. The second-order valence-electron chi connectivity index (χ2n) is 5.10. The predicted octanol–water partition coefficient (Wildman–Crippen LogP) is 1.68. The number of hydrogen-bond donors (Lipinski definition) is 1. The van der Waals surface area contributed by atoms with E-state index in [1.54, 1.807) is 23.1 Å². The van der Waals surface area contributed by atoms with Gasteiger partial charge in [-0.25, -0.2) is 0 Å². The molecule has 2 rings (SSSR count). The van der Waals surface area contributed by atoms with Crippen molar-refractivity contribution >= 4 is 11.6 Å². The number of nitrogens with zero attached hydrogens (tertiary/aromatic N) is 2. The van der Waals surface area contributed by atoms with Crippen molar-refractivity contribution in [3.8, 4) is 6.07 Å². The molecule has 0 spiro atoms. The standard InChI is InChI=1S/C14H16N2O2/c1-14(2)11(9-17)7-13(18)16(14)12-6-4-3-5-10(12)8-15/h3-6,11,17H,7,9H2,1-2H3. The Labute approximate surface area is 106 Å². The molecule has 0 bridgehead atoms. The SMILES string of the molecule is CC1(C)C(CO)CC(=O)N1c1ccccc1C#N. The molecule has 0 saturated carbocycles. The third-order valence-corrected chi connectivity index (χ3v) is 3.73. The van der Waals surface area contributed by atoms with Crippen LogP contribution in [-0.4, -0.2) is 23.2 Å². The highest BCUT2D eigenvalue weighted by molar-refractivity contribution is 5.98. The summed E-state index contributed by atoms with van der Waals surface area (Å²) in [5.74, 6) is -0.140. The van der Waals surface area contributed by atoms with E-state index in [1.807, 2.05) is 19.9 Å². The zero-order chi connectivity index (χ0) is 13.3. The van der Waals surface area contributed by atoms with E-state index >= 15 is 0 Å². The van der Waals surface area contributed by atoms with Gasteiger partial charge in [-0.15, -0.1) is 0 Å². The van der Waals surface area contributed by atoms with Crippen molar-refractivity contribution < 1.29 is 9.90 Å². The zero-order valence-electron chi connectivity index (χ0n) is 10.6. The van der Waals surface area contributed by atoms with Crippen molar-refractivity contribution in [2.75, 3.05) is 11.5 Å². The second-order valence-corrected chi connectivity index (χ2v) is 5.10. The Morgan fingerprint density at radius 2 is 2.17 bits per heavy atom. The van der Waals surface area contributed by atoms with Gasteiger partial charge in [-0.1, -0.05) is 12.1 Å². The first kappa shape index (κ1) is 12.6. The number of anilines is 1. The van der Waals surface area contributed by atoms with Crippen LogP contribution < -0.4 is 4.90 Å². The van der Waals surface area contributed by atoms with Crippen molar-refractivity contribution in [3.05, 3.63) is 29.8 Å². The predicted molar refractivity (Wildman–Crippen MR) is 67.9 cm³/mol. The minimum atomic E-state index is -0.473. The van der Waals surface area contributed by atoms with Crippen LogP contribution in [0.5, 0.6) is 0 Å². The molecule has 4 nitrogen and oxygen atoms in total. The van der Waals surface area contributed by atoms with Gasteiger partial charge in [0.1, 0.15) is 6.07 Å². The lowest BCUT2D eigenvalue weighted by Crippen LogP contribution is -2.45. The van der Waals surface area contributed by atoms with Gasteiger partial charge in [0.25, 0.3) is 0 Å². The van der Waals surface area contributed by atoms with Crippen LogP contribution in [0, 0.1) is 17.2 Å². The molecular weight excluding hydrogens is 228 g/mol. The molecule has 94 valence electrons. The number of benzene rings is 1. The normalized spacial score (nSPS) is 22.0. The van der Waals surface area contributed by atoms with E-state index in [4.69, 9.17) is 5.26 Å². The lowest BCUT2D eigenvalue weighted by molar-refractivity contribution is -0.117. The first-order chi connectivity index (χ1) is 8.52. The van der Waals surface area contributed by atoms with E-state index in [-0.39, 0.29) is 18.4 Å². The molecule has 1 N–H and O–H groups in total. The van der Waals surface area contributed by atoms with E-state index in [9.17, 15) is 9.90 Å². The molecule has 1 saturated heterocycles. The molecular formula is C14H16N2O2. The molecule has 1 unspecified atom stereocenters. The molecule has 1 amide bonds. The summed E-state index contributed by atoms with van der Waals surface area (Å²) in [4.78, 5) is 13.8. The fraction of sp³-hybridized carbons (Fsp3) is 0.429. The smallest absolute Gasteiger partial charge is 0.227 e. The fourth-order valence-corrected chi connectivity index (χ4v) is 2.55. The van der Waals surface area contributed by atoms with Crippen LogP contribution in [0.25, 0.3) is 0 Å². The highest BCUT2D eigenvalue weighted by Crippen LogP contribution is 2.39. The summed E-state index contributed by atoms with van der Waals surface area (Å²) in [6, 6.07) is 9.17. The van der Waals surface area contributed by atoms with E-state index in [1.165, 1.54) is 0 Å². The molecule has 18 heavy (non-hydrogen) atoms. The summed E-state index contributed by atoms with van der Waals surface area (Å²) in [6.45, 7) is 3.82. The van der Waals surface area contributed by atoms with E-state index < -0.39 is 5.54 Å². The summed E-state index contributed by atoms with van der Waals surface area (Å²) in [5.41, 5.74) is 0.641. The minimum absolute atomic E-state index is 0.0238. The fourth-order valence-electron chi connectivity index (χ4n) is 2.55. The second kappa shape index (κ2) is 4.43. The molecule has 0 aromatic heterocycles. The Morgan fingerprint density at radius 3 is 2.72 bits per heavy atom. The van der Waals surface area contributed by atoms with Gasteiger partial charge in [-0.3, -0.25) is 4.79 Å². The third-order valence-electron chi connectivity index (χ3n) is 3.73. The van der Waals surface area contributed by atoms with Crippen molar-refractivity contribution in [2.24, 2.45) is 5.92 Å². The van der Waals surface area contributed by atoms with Gasteiger partial charge in [-0.05, 0) is 26.0 Å². The Morgan fingerprint density at radius 1 is 1.50 bits per heavy atom. The molecule has 4 heteroatoms. The molecule has 1 fully saturated rings. The van der Waals surface area contributed by atoms with Crippen molar-refractivity contribution in [1.82, 2.24) is 0 Å². The average molecular weight is 244 g/mol. The van der Waals surface area contributed by atoms with Gasteiger partial charge >= 0.3 is 0 Å². The topological polar surface area (TPSA) is 64.3 Å². The maximum atomic E-state index is 12.1. The van der Waals surface area contributed by atoms with E-state index in [0.29, 0.717) is 17.7 Å². The quantitative estimate of drug-likeness (QED) is 0.860. The molecule has 1 atom stereocenters. The highest BCUT2D eigenvalue weighted by atomic mass is 16.3. The van der Waals surface area contributed by atoms with Gasteiger partial charge in [0.05, 0.1) is 11.3 Å². The minimum Gasteiger partial charge on any atom is -0.396 e.